The van der Waals surface area contributed by atoms with E-state index in [2.05, 4.69) is 40.0 Å². The molecular formula is C26H31N5O. The molecule has 2 aromatic heterocycles. The zero-order chi connectivity index (χ0) is 21.9. The van der Waals surface area contributed by atoms with Crippen molar-refractivity contribution in [1.82, 2.24) is 25.4 Å². The molecule has 1 amide bonds. The summed E-state index contributed by atoms with van der Waals surface area (Å²) >= 11 is 0. The van der Waals surface area contributed by atoms with Crippen LogP contribution in [0.2, 0.25) is 0 Å². The Kier molecular flexibility index (Phi) is 6.04. The molecule has 1 saturated carbocycles. The minimum absolute atomic E-state index is 0.0292. The number of hydrogen-bond acceptors (Lipinski definition) is 4. The minimum Gasteiger partial charge on any atom is -0.348 e. The number of carbonyl (C=O) groups is 1. The summed E-state index contributed by atoms with van der Waals surface area (Å²) in [6.45, 7) is 1.68. The fourth-order valence-electron chi connectivity index (χ4n) is 4.94. The predicted octanol–water partition coefficient (Wildman–Crippen LogP) is 3.78. The number of aryl methyl sites for hydroxylation is 1. The molecule has 2 N–H and O–H groups in total. The first-order chi connectivity index (χ1) is 15.7. The predicted molar refractivity (Wildman–Crippen MR) is 125 cm³/mol. The Morgan fingerprint density at radius 2 is 1.97 bits per heavy atom. The van der Waals surface area contributed by atoms with Crippen molar-refractivity contribution < 1.29 is 4.79 Å². The lowest BCUT2D eigenvalue weighted by atomic mass is 9.93. The molecule has 0 spiro atoms. The van der Waals surface area contributed by atoms with E-state index in [1.165, 1.54) is 36.0 Å². The van der Waals surface area contributed by atoms with Gasteiger partial charge in [0.2, 0.25) is 0 Å². The highest BCUT2D eigenvalue weighted by Gasteiger charge is 2.22. The molecule has 3 aromatic rings. The Morgan fingerprint density at radius 1 is 1.16 bits per heavy atom. The second kappa shape index (κ2) is 9.25. The molecule has 0 bridgehead atoms. The van der Waals surface area contributed by atoms with Crippen molar-refractivity contribution in [2.24, 2.45) is 7.05 Å². The molecule has 1 aliphatic heterocycles. The topological polar surface area (TPSA) is 71.8 Å². The van der Waals surface area contributed by atoms with Gasteiger partial charge in [0.1, 0.15) is 5.69 Å². The van der Waals surface area contributed by atoms with Crippen LogP contribution in [0.5, 0.6) is 0 Å². The number of nitrogens with one attached hydrogen (secondary N) is 2. The van der Waals surface area contributed by atoms with E-state index in [9.17, 15) is 4.79 Å². The Hall–Kier alpha value is -2.99. The fourth-order valence-corrected chi connectivity index (χ4v) is 4.94. The molecule has 3 heterocycles. The van der Waals surface area contributed by atoms with E-state index in [1.807, 2.05) is 30.2 Å². The highest BCUT2D eigenvalue weighted by molar-refractivity contribution is 5.92. The SMILES string of the molecule is Cn1cc(-c2ccc(Cc3cc(C(=O)NC4CCCCC4)nc4c3CCNC4)cc2)cn1. The molecule has 5 rings (SSSR count). The standard InChI is InChI=1S/C26H31N5O/c1-31-17-21(15-28-31)19-9-7-18(8-10-19)13-20-14-24(30-25-16-27-12-11-23(20)25)26(32)29-22-5-3-2-4-6-22/h7-10,14-15,17,22,27H,2-6,11-13,16H2,1H3,(H,29,32). The van der Waals surface area contributed by atoms with Gasteiger partial charge < -0.3 is 10.6 Å². The third kappa shape index (κ3) is 4.60. The van der Waals surface area contributed by atoms with E-state index in [1.54, 1.807) is 0 Å². The third-order valence-corrected chi connectivity index (χ3v) is 6.71. The van der Waals surface area contributed by atoms with Crippen LogP contribution in [0.4, 0.5) is 0 Å². The van der Waals surface area contributed by atoms with E-state index in [0.717, 1.165) is 55.6 Å². The molecule has 0 atom stereocenters. The second-order valence-electron chi connectivity index (χ2n) is 9.10. The maximum absolute atomic E-state index is 13.0. The van der Waals surface area contributed by atoms with Gasteiger partial charge in [-0.3, -0.25) is 9.48 Å². The quantitative estimate of drug-likeness (QED) is 0.647. The number of benzene rings is 1. The summed E-state index contributed by atoms with van der Waals surface area (Å²) < 4.78 is 1.82. The van der Waals surface area contributed by atoms with Crippen molar-refractivity contribution in [1.29, 1.82) is 0 Å². The van der Waals surface area contributed by atoms with Gasteiger partial charge in [-0.2, -0.15) is 5.10 Å². The van der Waals surface area contributed by atoms with Crippen LogP contribution in [0.15, 0.2) is 42.7 Å². The third-order valence-electron chi connectivity index (χ3n) is 6.71. The minimum atomic E-state index is -0.0292. The smallest absolute Gasteiger partial charge is 0.270 e. The van der Waals surface area contributed by atoms with Gasteiger partial charge in [-0.1, -0.05) is 43.5 Å². The summed E-state index contributed by atoms with van der Waals surface area (Å²) in [5, 5.41) is 10.9. The zero-order valence-corrected chi connectivity index (χ0v) is 18.7. The molecule has 6 heteroatoms. The maximum Gasteiger partial charge on any atom is 0.270 e. The maximum atomic E-state index is 13.0. The Labute approximate surface area is 189 Å². The van der Waals surface area contributed by atoms with E-state index < -0.39 is 0 Å². The van der Waals surface area contributed by atoms with Crippen molar-refractivity contribution in [2.45, 2.75) is 57.5 Å². The van der Waals surface area contributed by atoms with Crippen LogP contribution in [0.3, 0.4) is 0 Å². The highest BCUT2D eigenvalue weighted by atomic mass is 16.1. The molecule has 0 saturated heterocycles. The molecule has 1 fully saturated rings. The Balaban J connectivity index is 1.38. The van der Waals surface area contributed by atoms with E-state index in [4.69, 9.17) is 4.98 Å². The van der Waals surface area contributed by atoms with Gasteiger partial charge in [0.05, 0.1) is 11.9 Å². The molecule has 6 nitrogen and oxygen atoms in total. The average Bonchev–Trinajstić information content (AvgIpc) is 3.26. The van der Waals surface area contributed by atoms with Crippen LogP contribution < -0.4 is 10.6 Å². The van der Waals surface area contributed by atoms with Crippen molar-refractivity contribution >= 4 is 5.91 Å². The van der Waals surface area contributed by atoms with E-state index >= 15 is 0 Å². The summed E-state index contributed by atoms with van der Waals surface area (Å²) in [6.07, 6.45) is 11.5. The van der Waals surface area contributed by atoms with Crippen molar-refractivity contribution in [2.75, 3.05) is 6.54 Å². The molecule has 1 aliphatic carbocycles. The second-order valence-corrected chi connectivity index (χ2v) is 9.10. The molecule has 1 aromatic carbocycles. The first-order valence-electron chi connectivity index (χ1n) is 11.8. The van der Waals surface area contributed by atoms with Gasteiger partial charge >= 0.3 is 0 Å². The van der Waals surface area contributed by atoms with E-state index in [-0.39, 0.29) is 11.9 Å². The monoisotopic (exact) mass is 429 g/mol. The van der Waals surface area contributed by atoms with Gasteiger partial charge in [-0.25, -0.2) is 4.98 Å². The Morgan fingerprint density at radius 3 is 2.72 bits per heavy atom. The lowest BCUT2D eigenvalue weighted by Crippen LogP contribution is -2.37. The van der Waals surface area contributed by atoms with Gasteiger partial charge in [-0.15, -0.1) is 0 Å². The van der Waals surface area contributed by atoms with Crippen LogP contribution in [-0.2, 0) is 26.4 Å². The number of fused-ring (bicyclic) bond motifs is 1. The summed E-state index contributed by atoms with van der Waals surface area (Å²) in [5.41, 5.74) is 7.62. The first-order valence-corrected chi connectivity index (χ1v) is 11.8. The van der Waals surface area contributed by atoms with Crippen LogP contribution >= 0.6 is 0 Å². The summed E-state index contributed by atoms with van der Waals surface area (Å²) in [5.74, 6) is -0.0292. The van der Waals surface area contributed by atoms with Crippen LogP contribution in [0, 0.1) is 0 Å². The van der Waals surface area contributed by atoms with Gasteiger partial charge in [0.25, 0.3) is 5.91 Å². The number of hydrogen-bond donors (Lipinski definition) is 2. The lowest BCUT2D eigenvalue weighted by Gasteiger charge is -2.24. The number of carbonyl (C=O) groups excluding carboxylic acids is 1. The van der Waals surface area contributed by atoms with Crippen molar-refractivity contribution in [3.63, 3.8) is 0 Å². The fraction of sp³-hybridized carbons (Fsp3) is 0.423. The molecular weight excluding hydrogens is 398 g/mol. The van der Waals surface area contributed by atoms with Crippen LogP contribution in [0.25, 0.3) is 11.1 Å². The van der Waals surface area contributed by atoms with Crippen LogP contribution in [-0.4, -0.2) is 33.3 Å². The van der Waals surface area contributed by atoms with Crippen LogP contribution in [0.1, 0.15) is 65.0 Å². The lowest BCUT2D eigenvalue weighted by molar-refractivity contribution is 0.0922. The number of pyridine rings is 1. The summed E-state index contributed by atoms with van der Waals surface area (Å²) in [6, 6.07) is 11.0. The number of rotatable bonds is 5. The molecule has 2 aliphatic rings. The van der Waals surface area contributed by atoms with E-state index in [0.29, 0.717) is 5.69 Å². The van der Waals surface area contributed by atoms with Gasteiger partial charge in [0, 0.05) is 31.4 Å². The average molecular weight is 430 g/mol. The van der Waals surface area contributed by atoms with Crippen molar-refractivity contribution in [3.05, 3.63) is 70.8 Å². The largest absolute Gasteiger partial charge is 0.348 e. The van der Waals surface area contributed by atoms with Gasteiger partial charge in [0.15, 0.2) is 0 Å². The van der Waals surface area contributed by atoms with Gasteiger partial charge in [-0.05, 0) is 60.5 Å². The normalized spacial score (nSPS) is 16.5. The zero-order valence-electron chi connectivity index (χ0n) is 18.7. The molecule has 0 radical (unpaired) electrons. The number of nitrogens with zero attached hydrogens (tertiary/aromatic N) is 3. The number of aromatic nitrogens is 3. The first kappa shape index (κ1) is 20.9. The highest BCUT2D eigenvalue weighted by Crippen LogP contribution is 2.25. The summed E-state index contributed by atoms with van der Waals surface area (Å²) in [4.78, 5) is 17.8. The molecule has 0 unspecified atom stereocenters. The van der Waals surface area contributed by atoms with Crippen molar-refractivity contribution in [3.8, 4) is 11.1 Å². The Bertz CT molecular complexity index is 1100. The summed E-state index contributed by atoms with van der Waals surface area (Å²) in [7, 11) is 1.93. The molecule has 32 heavy (non-hydrogen) atoms. The number of amides is 1. The molecule has 166 valence electrons.